The summed E-state index contributed by atoms with van der Waals surface area (Å²) in [5, 5.41) is 0. The molecule has 1 aromatic rings. The second kappa shape index (κ2) is 8.02. The summed E-state index contributed by atoms with van der Waals surface area (Å²) >= 11 is 3.21. The zero-order valence-corrected chi connectivity index (χ0v) is 12.3. The molecule has 0 aliphatic carbocycles. The molecule has 3 nitrogen and oxygen atoms in total. The van der Waals surface area contributed by atoms with E-state index in [-0.39, 0.29) is 13.0 Å². The maximum absolute atomic E-state index is 13.1. The van der Waals surface area contributed by atoms with Crippen LogP contribution in [0.4, 0.5) is 22.0 Å². The van der Waals surface area contributed by atoms with Gasteiger partial charge in [0.05, 0.1) is 6.61 Å². The van der Waals surface area contributed by atoms with E-state index in [0.717, 1.165) is 0 Å². The number of benzene rings is 1. The average Bonchev–Trinajstić information content (AvgIpc) is 2.41. The number of nitrogens with one attached hydrogen (secondary N) is 1. The van der Waals surface area contributed by atoms with Gasteiger partial charge in [0, 0.05) is 10.5 Å². The molecule has 0 fully saturated rings. The van der Waals surface area contributed by atoms with E-state index in [0.29, 0.717) is 10.0 Å². The van der Waals surface area contributed by atoms with Gasteiger partial charge in [-0.15, -0.1) is 0 Å². The third-order valence-electron chi connectivity index (χ3n) is 2.64. The fourth-order valence-electron chi connectivity index (χ4n) is 1.53. The second-order valence-corrected chi connectivity index (χ2v) is 5.23. The van der Waals surface area contributed by atoms with Crippen LogP contribution in [0.15, 0.2) is 22.7 Å². The topological polar surface area (TPSA) is 47.3 Å². The molecule has 1 atom stereocenters. The molecule has 0 spiro atoms. The Balaban J connectivity index is 2.54. The summed E-state index contributed by atoms with van der Waals surface area (Å²) in [5.74, 6) is 0.570. The Hall–Kier alpha value is -0.770. The third kappa shape index (κ3) is 5.85. The molecule has 0 bridgehead atoms. The molecule has 0 heterocycles. The van der Waals surface area contributed by atoms with E-state index in [4.69, 9.17) is 5.84 Å². The van der Waals surface area contributed by atoms with E-state index < -0.39 is 30.8 Å². The Bertz CT molecular complexity index is 461. The van der Waals surface area contributed by atoms with Gasteiger partial charge in [-0.25, -0.2) is 13.2 Å². The van der Waals surface area contributed by atoms with E-state index in [1.54, 1.807) is 0 Å². The lowest BCUT2D eigenvalue weighted by Crippen LogP contribution is -2.42. The van der Waals surface area contributed by atoms with Crippen molar-refractivity contribution in [3.63, 3.8) is 0 Å². The van der Waals surface area contributed by atoms with Crippen LogP contribution in [-0.2, 0) is 11.2 Å². The number of rotatable bonds is 8. The molecule has 3 N–H and O–H groups in total. The summed E-state index contributed by atoms with van der Waals surface area (Å²) in [4.78, 5) is 0. The van der Waals surface area contributed by atoms with Gasteiger partial charge in [0.1, 0.15) is 12.4 Å². The van der Waals surface area contributed by atoms with Gasteiger partial charge < -0.3 is 4.74 Å². The standard InChI is InChI=1S/C12H14BrF5N2O/c13-10-2-1-8(14)3-7(10)4-9(20-19)5-21-6-12(17,18)11(15)16/h1-3,9,11,20H,4-6,19H2. The Kier molecular flexibility index (Phi) is 6.98. The quantitative estimate of drug-likeness (QED) is 0.416. The highest BCUT2D eigenvalue weighted by Crippen LogP contribution is 2.23. The van der Waals surface area contributed by atoms with Gasteiger partial charge in [-0.05, 0) is 30.2 Å². The molecule has 120 valence electrons. The lowest BCUT2D eigenvalue weighted by molar-refractivity contribution is -0.167. The number of hydrogen-bond donors (Lipinski definition) is 2. The van der Waals surface area contributed by atoms with Crippen LogP contribution >= 0.6 is 15.9 Å². The van der Waals surface area contributed by atoms with Crippen molar-refractivity contribution in [2.75, 3.05) is 13.2 Å². The summed E-state index contributed by atoms with van der Waals surface area (Å²) in [6.07, 6.45) is -3.62. The summed E-state index contributed by atoms with van der Waals surface area (Å²) < 4.78 is 67.5. The molecule has 0 aromatic heterocycles. The fourth-order valence-corrected chi connectivity index (χ4v) is 1.94. The number of halogens is 6. The number of ether oxygens (including phenoxy) is 1. The van der Waals surface area contributed by atoms with Crippen molar-refractivity contribution in [3.8, 4) is 0 Å². The van der Waals surface area contributed by atoms with Gasteiger partial charge in [0.2, 0.25) is 0 Å². The maximum atomic E-state index is 13.1. The normalized spacial score (nSPS) is 13.7. The summed E-state index contributed by atoms with van der Waals surface area (Å²) in [7, 11) is 0. The Morgan fingerprint density at radius 3 is 2.57 bits per heavy atom. The lowest BCUT2D eigenvalue weighted by Gasteiger charge is -2.20. The fraction of sp³-hybridized carbons (Fsp3) is 0.500. The van der Waals surface area contributed by atoms with Crippen LogP contribution in [0, 0.1) is 5.82 Å². The summed E-state index contributed by atoms with van der Waals surface area (Å²) in [6.45, 7) is -1.73. The molecule has 1 rings (SSSR count). The first-order valence-electron chi connectivity index (χ1n) is 5.90. The molecule has 21 heavy (non-hydrogen) atoms. The number of nitrogens with two attached hydrogens (primary N) is 1. The molecule has 0 saturated heterocycles. The monoisotopic (exact) mass is 376 g/mol. The van der Waals surface area contributed by atoms with Crippen LogP contribution in [0.5, 0.6) is 0 Å². The van der Waals surface area contributed by atoms with E-state index in [2.05, 4.69) is 26.1 Å². The summed E-state index contributed by atoms with van der Waals surface area (Å²) in [5.41, 5.74) is 2.86. The van der Waals surface area contributed by atoms with E-state index >= 15 is 0 Å². The van der Waals surface area contributed by atoms with Crippen molar-refractivity contribution in [1.82, 2.24) is 5.43 Å². The first-order chi connectivity index (χ1) is 9.76. The number of hydrazine groups is 1. The van der Waals surface area contributed by atoms with Crippen LogP contribution < -0.4 is 11.3 Å². The van der Waals surface area contributed by atoms with Crippen LogP contribution in [0.1, 0.15) is 5.56 Å². The third-order valence-corrected chi connectivity index (χ3v) is 3.42. The number of alkyl halides is 4. The highest BCUT2D eigenvalue weighted by atomic mass is 79.9. The van der Waals surface area contributed by atoms with Crippen molar-refractivity contribution in [2.24, 2.45) is 5.84 Å². The van der Waals surface area contributed by atoms with Crippen molar-refractivity contribution in [1.29, 1.82) is 0 Å². The minimum absolute atomic E-state index is 0.176. The average molecular weight is 377 g/mol. The minimum atomic E-state index is -4.21. The maximum Gasteiger partial charge on any atom is 0.330 e. The summed E-state index contributed by atoms with van der Waals surface area (Å²) in [6, 6.07) is 3.36. The molecular weight excluding hydrogens is 363 g/mol. The van der Waals surface area contributed by atoms with E-state index in [9.17, 15) is 22.0 Å². The zero-order chi connectivity index (χ0) is 16.0. The minimum Gasteiger partial charge on any atom is -0.373 e. The van der Waals surface area contributed by atoms with Gasteiger partial charge in [-0.3, -0.25) is 11.3 Å². The van der Waals surface area contributed by atoms with E-state index in [1.807, 2.05) is 0 Å². The molecular formula is C12H14BrF5N2O. The molecule has 1 aromatic carbocycles. The Labute approximate surface area is 126 Å². The van der Waals surface area contributed by atoms with Crippen molar-refractivity contribution in [2.45, 2.75) is 24.8 Å². The SMILES string of the molecule is NNC(COCC(F)(F)C(F)F)Cc1cc(F)ccc1Br. The largest absolute Gasteiger partial charge is 0.373 e. The molecule has 0 aliphatic rings. The van der Waals surface area contributed by atoms with Crippen LogP contribution in [-0.4, -0.2) is 31.6 Å². The van der Waals surface area contributed by atoms with Gasteiger partial charge in [-0.2, -0.15) is 8.78 Å². The first-order valence-corrected chi connectivity index (χ1v) is 6.69. The molecule has 9 heteroatoms. The van der Waals surface area contributed by atoms with Gasteiger partial charge in [-0.1, -0.05) is 15.9 Å². The molecule has 0 saturated carbocycles. The van der Waals surface area contributed by atoms with E-state index in [1.165, 1.54) is 18.2 Å². The van der Waals surface area contributed by atoms with Crippen LogP contribution in [0.3, 0.4) is 0 Å². The lowest BCUT2D eigenvalue weighted by atomic mass is 10.1. The smallest absolute Gasteiger partial charge is 0.330 e. The Morgan fingerprint density at radius 1 is 1.33 bits per heavy atom. The molecule has 0 aliphatic heterocycles. The molecule has 0 radical (unpaired) electrons. The highest BCUT2D eigenvalue weighted by molar-refractivity contribution is 9.10. The van der Waals surface area contributed by atoms with Crippen molar-refractivity contribution >= 4 is 15.9 Å². The predicted molar refractivity (Wildman–Crippen MR) is 70.7 cm³/mol. The Morgan fingerprint density at radius 2 is 2.00 bits per heavy atom. The van der Waals surface area contributed by atoms with Gasteiger partial charge in [0.15, 0.2) is 0 Å². The van der Waals surface area contributed by atoms with Crippen LogP contribution in [0.25, 0.3) is 0 Å². The van der Waals surface area contributed by atoms with Crippen molar-refractivity contribution < 1.29 is 26.7 Å². The van der Waals surface area contributed by atoms with Gasteiger partial charge in [0.25, 0.3) is 0 Å². The predicted octanol–water partition coefficient (Wildman–Crippen LogP) is 2.88. The second-order valence-electron chi connectivity index (χ2n) is 4.38. The first kappa shape index (κ1) is 18.3. The molecule has 0 amide bonds. The van der Waals surface area contributed by atoms with Crippen LogP contribution in [0.2, 0.25) is 0 Å². The van der Waals surface area contributed by atoms with Gasteiger partial charge >= 0.3 is 12.3 Å². The number of hydrogen-bond acceptors (Lipinski definition) is 3. The molecule has 1 unspecified atom stereocenters. The highest BCUT2D eigenvalue weighted by Gasteiger charge is 2.41. The van der Waals surface area contributed by atoms with Crippen molar-refractivity contribution in [3.05, 3.63) is 34.1 Å². The zero-order valence-electron chi connectivity index (χ0n) is 10.8.